The number of carboxylic acids is 1. The van der Waals surface area contributed by atoms with Gasteiger partial charge in [0.05, 0.1) is 4.90 Å². The van der Waals surface area contributed by atoms with Crippen LogP contribution in [0.15, 0.2) is 33.6 Å². The smallest absolute Gasteiger partial charge is 0.318 e. The van der Waals surface area contributed by atoms with E-state index in [1.165, 1.54) is 12.1 Å². The fourth-order valence-corrected chi connectivity index (χ4v) is 3.83. The Labute approximate surface area is 121 Å². The van der Waals surface area contributed by atoms with Gasteiger partial charge in [0.15, 0.2) is 0 Å². The number of carboxylic acid groups (broad SMARTS) is 1. The predicted molar refractivity (Wildman–Crippen MR) is 75.4 cm³/mol. The summed E-state index contributed by atoms with van der Waals surface area (Å²) in [5.41, 5.74) is 0. The van der Waals surface area contributed by atoms with Crippen LogP contribution in [-0.4, -0.2) is 36.4 Å². The summed E-state index contributed by atoms with van der Waals surface area (Å²) in [5.74, 6) is -1.17. The van der Waals surface area contributed by atoms with Gasteiger partial charge in [0.2, 0.25) is 10.0 Å². The molecule has 0 heterocycles. The zero-order valence-corrected chi connectivity index (χ0v) is 13.1. The van der Waals surface area contributed by atoms with Crippen LogP contribution in [0, 0.1) is 0 Å². The van der Waals surface area contributed by atoms with Crippen LogP contribution in [0.3, 0.4) is 0 Å². The first kappa shape index (κ1) is 16.1. The van der Waals surface area contributed by atoms with Crippen LogP contribution in [0.1, 0.15) is 20.3 Å². The maximum Gasteiger partial charge on any atom is 0.318 e. The fraction of sp³-hybridized carbons (Fsp3) is 0.417. The minimum absolute atomic E-state index is 0.0865. The molecular formula is C12H16BrNO4S. The number of sulfonamides is 1. The normalized spacial score (nSPS) is 13.5. The molecule has 0 fully saturated rings. The summed E-state index contributed by atoms with van der Waals surface area (Å²) in [7, 11) is -3.81. The Balaban J connectivity index is 3.23. The first-order chi connectivity index (χ1) is 8.78. The van der Waals surface area contributed by atoms with Gasteiger partial charge in [0.25, 0.3) is 0 Å². The average Bonchev–Trinajstić information content (AvgIpc) is 2.34. The molecule has 5 nitrogen and oxygen atoms in total. The molecule has 1 aromatic rings. The molecule has 1 rings (SSSR count). The summed E-state index contributed by atoms with van der Waals surface area (Å²) < 4.78 is 26.6. The number of hydrogen-bond donors (Lipinski definition) is 1. The number of benzene rings is 1. The third-order valence-corrected chi connectivity index (χ3v) is 5.23. The molecule has 0 radical (unpaired) electrons. The molecule has 0 amide bonds. The highest BCUT2D eigenvalue weighted by atomic mass is 79.9. The van der Waals surface area contributed by atoms with E-state index in [0.717, 1.165) is 4.31 Å². The SMILES string of the molecule is CC[C@H](C)N(CC(=O)O)S(=O)(=O)c1cccc(Br)c1. The summed E-state index contributed by atoms with van der Waals surface area (Å²) in [6.07, 6.45) is 0.542. The Morgan fingerprint density at radius 1 is 1.47 bits per heavy atom. The topological polar surface area (TPSA) is 74.7 Å². The predicted octanol–water partition coefficient (Wildman–Crippen LogP) is 2.32. The Bertz CT molecular complexity index is 559. The second-order valence-electron chi connectivity index (χ2n) is 4.16. The molecule has 106 valence electrons. The molecule has 1 aromatic carbocycles. The number of hydrogen-bond acceptors (Lipinski definition) is 3. The molecule has 19 heavy (non-hydrogen) atoms. The van der Waals surface area contributed by atoms with Gasteiger partial charge in [-0.05, 0) is 31.5 Å². The molecule has 1 N–H and O–H groups in total. The van der Waals surface area contributed by atoms with Gasteiger partial charge in [-0.1, -0.05) is 28.9 Å². The molecule has 0 aromatic heterocycles. The molecule has 7 heteroatoms. The van der Waals surface area contributed by atoms with Gasteiger partial charge in [-0.15, -0.1) is 0 Å². The van der Waals surface area contributed by atoms with E-state index in [-0.39, 0.29) is 10.9 Å². The van der Waals surface area contributed by atoms with Crippen LogP contribution >= 0.6 is 15.9 Å². The highest BCUT2D eigenvalue weighted by Gasteiger charge is 2.30. The molecule has 0 spiro atoms. The third kappa shape index (κ3) is 4.02. The maximum absolute atomic E-state index is 12.5. The van der Waals surface area contributed by atoms with E-state index < -0.39 is 22.5 Å². The maximum atomic E-state index is 12.5. The van der Waals surface area contributed by atoms with Crippen LogP contribution in [-0.2, 0) is 14.8 Å². The number of aliphatic carboxylic acids is 1. The fourth-order valence-electron chi connectivity index (χ4n) is 1.58. The summed E-state index contributed by atoms with van der Waals surface area (Å²) in [4.78, 5) is 10.9. The lowest BCUT2D eigenvalue weighted by Gasteiger charge is -2.26. The van der Waals surface area contributed by atoms with Crippen molar-refractivity contribution in [1.82, 2.24) is 4.31 Å². The molecule has 0 saturated carbocycles. The van der Waals surface area contributed by atoms with Crippen molar-refractivity contribution in [3.05, 3.63) is 28.7 Å². The lowest BCUT2D eigenvalue weighted by molar-refractivity contribution is -0.137. The van der Waals surface area contributed by atoms with E-state index in [1.54, 1.807) is 19.1 Å². The van der Waals surface area contributed by atoms with E-state index in [4.69, 9.17) is 5.11 Å². The van der Waals surface area contributed by atoms with Crippen molar-refractivity contribution in [3.63, 3.8) is 0 Å². The number of halogens is 1. The first-order valence-electron chi connectivity index (χ1n) is 5.78. The van der Waals surface area contributed by atoms with E-state index >= 15 is 0 Å². The summed E-state index contributed by atoms with van der Waals surface area (Å²) in [6.45, 7) is 2.97. The second kappa shape index (κ2) is 6.49. The van der Waals surface area contributed by atoms with Crippen LogP contribution in [0.25, 0.3) is 0 Å². The number of nitrogens with zero attached hydrogens (tertiary/aromatic N) is 1. The van der Waals surface area contributed by atoms with E-state index in [0.29, 0.717) is 10.9 Å². The Morgan fingerprint density at radius 3 is 2.58 bits per heavy atom. The molecule has 1 atom stereocenters. The lowest BCUT2D eigenvalue weighted by atomic mass is 10.2. The van der Waals surface area contributed by atoms with Crippen molar-refractivity contribution in [3.8, 4) is 0 Å². The third-order valence-electron chi connectivity index (χ3n) is 2.78. The Hall–Kier alpha value is -0.920. The lowest BCUT2D eigenvalue weighted by Crippen LogP contribution is -2.41. The minimum Gasteiger partial charge on any atom is -0.480 e. The van der Waals surface area contributed by atoms with Crippen molar-refractivity contribution in [1.29, 1.82) is 0 Å². The van der Waals surface area contributed by atoms with E-state index in [9.17, 15) is 13.2 Å². The largest absolute Gasteiger partial charge is 0.480 e. The first-order valence-corrected chi connectivity index (χ1v) is 8.01. The van der Waals surface area contributed by atoms with Gasteiger partial charge in [0, 0.05) is 10.5 Å². The zero-order valence-electron chi connectivity index (χ0n) is 10.7. The molecule has 0 aliphatic heterocycles. The van der Waals surface area contributed by atoms with Crippen LogP contribution in [0.4, 0.5) is 0 Å². The van der Waals surface area contributed by atoms with Gasteiger partial charge in [-0.3, -0.25) is 4.79 Å². The minimum atomic E-state index is -3.81. The van der Waals surface area contributed by atoms with Crippen molar-refractivity contribution in [2.45, 2.75) is 31.2 Å². The molecular weight excluding hydrogens is 334 g/mol. The summed E-state index contributed by atoms with van der Waals surface area (Å²) in [5, 5.41) is 8.88. The van der Waals surface area contributed by atoms with Crippen molar-refractivity contribution in [2.75, 3.05) is 6.54 Å². The average molecular weight is 350 g/mol. The van der Waals surface area contributed by atoms with Crippen LogP contribution in [0.5, 0.6) is 0 Å². The van der Waals surface area contributed by atoms with Gasteiger partial charge in [-0.25, -0.2) is 8.42 Å². The number of carbonyl (C=O) groups is 1. The van der Waals surface area contributed by atoms with E-state index in [2.05, 4.69) is 15.9 Å². The van der Waals surface area contributed by atoms with Crippen molar-refractivity contribution >= 4 is 31.9 Å². The van der Waals surface area contributed by atoms with Crippen molar-refractivity contribution in [2.24, 2.45) is 0 Å². The molecule has 0 unspecified atom stereocenters. The zero-order chi connectivity index (χ0) is 14.6. The summed E-state index contributed by atoms with van der Waals surface area (Å²) in [6, 6.07) is 5.86. The summed E-state index contributed by atoms with van der Waals surface area (Å²) >= 11 is 3.21. The monoisotopic (exact) mass is 349 g/mol. The molecule has 0 saturated heterocycles. The van der Waals surface area contributed by atoms with E-state index in [1.807, 2.05) is 6.92 Å². The van der Waals surface area contributed by atoms with Crippen LogP contribution < -0.4 is 0 Å². The second-order valence-corrected chi connectivity index (χ2v) is 6.96. The Morgan fingerprint density at radius 2 is 2.11 bits per heavy atom. The standard InChI is InChI=1S/C12H16BrNO4S/c1-3-9(2)14(8-12(15)16)19(17,18)11-6-4-5-10(13)7-11/h4-7,9H,3,8H2,1-2H3,(H,15,16)/t9-/m0/s1. The Kier molecular flexibility index (Phi) is 5.51. The van der Waals surface area contributed by atoms with Gasteiger partial charge in [0.1, 0.15) is 6.54 Å². The molecule has 0 aliphatic rings. The van der Waals surface area contributed by atoms with Gasteiger partial charge >= 0.3 is 5.97 Å². The number of rotatable bonds is 6. The van der Waals surface area contributed by atoms with Gasteiger partial charge < -0.3 is 5.11 Å². The van der Waals surface area contributed by atoms with Crippen LogP contribution in [0.2, 0.25) is 0 Å². The molecule has 0 bridgehead atoms. The highest BCUT2D eigenvalue weighted by molar-refractivity contribution is 9.10. The molecule has 0 aliphatic carbocycles. The van der Waals surface area contributed by atoms with Crippen molar-refractivity contribution < 1.29 is 18.3 Å². The quantitative estimate of drug-likeness (QED) is 0.855. The highest BCUT2D eigenvalue weighted by Crippen LogP contribution is 2.22. The van der Waals surface area contributed by atoms with Gasteiger partial charge in [-0.2, -0.15) is 4.31 Å².